The SMILES string of the molecule is CCc1cccc(C)c1NC(=O)CNc1ccc(CCC(=O)N(C)C)cc1. The first-order chi connectivity index (χ1) is 12.9. The second kappa shape index (κ2) is 9.76. The van der Waals surface area contributed by atoms with Gasteiger partial charge in [-0.25, -0.2) is 0 Å². The minimum atomic E-state index is -0.0698. The van der Waals surface area contributed by atoms with Crippen LogP contribution in [-0.2, 0) is 22.4 Å². The zero-order valence-corrected chi connectivity index (χ0v) is 16.6. The topological polar surface area (TPSA) is 61.4 Å². The van der Waals surface area contributed by atoms with Gasteiger partial charge in [0.2, 0.25) is 11.8 Å². The highest BCUT2D eigenvalue weighted by atomic mass is 16.2. The van der Waals surface area contributed by atoms with Crippen molar-refractivity contribution < 1.29 is 9.59 Å². The monoisotopic (exact) mass is 367 g/mol. The number of amides is 2. The number of hydrogen-bond acceptors (Lipinski definition) is 3. The molecule has 0 aliphatic rings. The standard InChI is InChI=1S/C22H29N3O2/c1-5-18-8-6-7-16(2)22(18)24-20(26)15-23-19-12-9-17(10-13-19)11-14-21(27)25(3)4/h6-10,12-13,23H,5,11,14-15H2,1-4H3,(H,24,26). The van der Waals surface area contributed by atoms with Crippen LogP contribution in [0.15, 0.2) is 42.5 Å². The Morgan fingerprint density at radius 3 is 2.37 bits per heavy atom. The molecule has 2 rings (SSSR count). The normalized spacial score (nSPS) is 10.4. The van der Waals surface area contributed by atoms with E-state index in [4.69, 9.17) is 0 Å². The molecule has 0 atom stereocenters. The molecule has 0 unspecified atom stereocenters. The molecule has 0 radical (unpaired) electrons. The van der Waals surface area contributed by atoms with Crippen LogP contribution in [0.3, 0.4) is 0 Å². The summed E-state index contributed by atoms with van der Waals surface area (Å²) in [7, 11) is 3.53. The van der Waals surface area contributed by atoms with E-state index in [1.807, 2.05) is 49.4 Å². The number of hydrogen-bond donors (Lipinski definition) is 2. The van der Waals surface area contributed by atoms with Crippen molar-refractivity contribution in [2.75, 3.05) is 31.3 Å². The fraction of sp³-hybridized carbons (Fsp3) is 0.364. The van der Waals surface area contributed by atoms with Crippen molar-refractivity contribution in [2.45, 2.75) is 33.1 Å². The van der Waals surface area contributed by atoms with Crippen LogP contribution in [0.2, 0.25) is 0 Å². The average molecular weight is 367 g/mol. The van der Waals surface area contributed by atoms with Crippen LogP contribution in [0.1, 0.15) is 30.0 Å². The van der Waals surface area contributed by atoms with E-state index in [0.717, 1.165) is 34.5 Å². The smallest absolute Gasteiger partial charge is 0.243 e. The summed E-state index contributed by atoms with van der Waals surface area (Å²) in [5, 5.41) is 6.16. The van der Waals surface area contributed by atoms with Gasteiger partial charge in [0, 0.05) is 31.9 Å². The number of para-hydroxylation sites is 1. The molecule has 2 aromatic rings. The van der Waals surface area contributed by atoms with Gasteiger partial charge < -0.3 is 15.5 Å². The van der Waals surface area contributed by atoms with Crippen LogP contribution in [0.25, 0.3) is 0 Å². The Bertz CT molecular complexity index is 783. The van der Waals surface area contributed by atoms with Crippen molar-refractivity contribution >= 4 is 23.2 Å². The molecule has 0 aromatic heterocycles. The Hall–Kier alpha value is -2.82. The summed E-state index contributed by atoms with van der Waals surface area (Å²) in [5.74, 6) is 0.0520. The third-order valence-corrected chi connectivity index (χ3v) is 4.54. The minimum absolute atomic E-state index is 0.0698. The lowest BCUT2D eigenvalue weighted by Crippen LogP contribution is -2.23. The molecular formula is C22H29N3O2. The van der Waals surface area contributed by atoms with Crippen molar-refractivity contribution in [1.82, 2.24) is 4.90 Å². The van der Waals surface area contributed by atoms with Gasteiger partial charge >= 0.3 is 0 Å². The lowest BCUT2D eigenvalue weighted by atomic mass is 10.1. The summed E-state index contributed by atoms with van der Waals surface area (Å²) in [6, 6.07) is 13.9. The van der Waals surface area contributed by atoms with Gasteiger partial charge in [-0.3, -0.25) is 9.59 Å². The third-order valence-electron chi connectivity index (χ3n) is 4.54. The molecule has 2 aromatic carbocycles. The van der Waals surface area contributed by atoms with E-state index in [9.17, 15) is 9.59 Å². The number of rotatable bonds is 8. The number of aryl methyl sites for hydroxylation is 3. The highest BCUT2D eigenvalue weighted by Crippen LogP contribution is 2.21. The van der Waals surface area contributed by atoms with Gasteiger partial charge in [0.1, 0.15) is 0 Å². The molecule has 0 bridgehead atoms. The van der Waals surface area contributed by atoms with Gasteiger partial charge in [-0.15, -0.1) is 0 Å². The van der Waals surface area contributed by atoms with Crippen molar-refractivity contribution in [2.24, 2.45) is 0 Å². The molecule has 0 fully saturated rings. The number of nitrogens with zero attached hydrogens (tertiary/aromatic N) is 1. The first-order valence-electron chi connectivity index (χ1n) is 9.32. The Labute approximate surface area is 161 Å². The molecule has 0 aliphatic heterocycles. The van der Waals surface area contributed by atoms with Gasteiger partial charge in [-0.1, -0.05) is 37.3 Å². The van der Waals surface area contributed by atoms with Gasteiger partial charge in [0.05, 0.1) is 6.54 Å². The highest BCUT2D eigenvalue weighted by molar-refractivity contribution is 5.95. The first-order valence-corrected chi connectivity index (χ1v) is 9.32. The Kier molecular flexibility index (Phi) is 7.41. The Morgan fingerprint density at radius 2 is 1.74 bits per heavy atom. The summed E-state index contributed by atoms with van der Waals surface area (Å²) < 4.78 is 0. The molecule has 27 heavy (non-hydrogen) atoms. The van der Waals surface area contributed by atoms with Gasteiger partial charge in [-0.2, -0.15) is 0 Å². The van der Waals surface area contributed by atoms with E-state index in [-0.39, 0.29) is 18.4 Å². The zero-order chi connectivity index (χ0) is 19.8. The third kappa shape index (κ3) is 6.13. The number of nitrogens with one attached hydrogen (secondary N) is 2. The lowest BCUT2D eigenvalue weighted by molar-refractivity contribution is -0.128. The number of carbonyl (C=O) groups is 2. The molecule has 0 saturated carbocycles. The molecule has 2 amide bonds. The van der Waals surface area contributed by atoms with E-state index in [2.05, 4.69) is 17.6 Å². The van der Waals surface area contributed by atoms with E-state index in [1.54, 1.807) is 19.0 Å². The van der Waals surface area contributed by atoms with Crippen molar-refractivity contribution in [1.29, 1.82) is 0 Å². The second-order valence-corrected chi connectivity index (χ2v) is 6.85. The largest absolute Gasteiger partial charge is 0.376 e. The van der Waals surface area contributed by atoms with E-state index in [1.165, 1.54) is 0 Å². The van der Waals surface area contributed by atoms with Crippen molar-refractivity contribution in [3.8, 4) is 0 Å². The maximum absolute atomic E-state index is 12.3. The molecule has 144 valence electrons. The molecule has 5 nitrogen and oxygen atoms in total. The zero-order valence-electron chi connectivity index (χ0n) is 16.6. The van der Waals surface area contributed by atoms with Crippen LogP contribution in [-0.4, -0.2) is 37.4 Å². The van der Waals surface area contributed by atoms with Gasteiger partial charge in [0.15, 0.2) is 0 Å². The van der Waals surface area contributed by atoms with Crippen LogP contribution < -0.4 is 10.6 Å². The molecule has 0 spiro atoms. The molecule has 5 heteroatoms. The predicted octanol–water partition coefficient (Wildman–Crippen LogP) is 3.63. The summed E-state index contributed by atoms with van der Waals surface area (Å²) in [6.45, 7) is 4.29. The average Bonchev–Trinajstić information content (AvgIpc) is 2.66. The van der Waals surface area contributed by atoms with Gasteiger partial charge in [-0.05, 0) is 48.6 Å². The summed E-state index contributed by atoms with van der Waals surface area (Å²) in [5.41, 5.74) is 5.10. The first kappa shape index (κ1) is 20.5. The fourth-order valence-electron chi connectivity index (χ4n) is 2.83. The van der Waals surface area contributed by atoms with Crippen LogP contribution in [0.5, 0.6) is 0 Å². The molecule has 2 N–H and O–H groups in total. The lowest BCUT2D eigenvalue weighted by Gasteiger charge is -2.14. The maximum Gasteiger partial charge on any atom is 0.243 e. The second-order valence-electron chi connectivity index (χ2n) is 6.85. The van der Waals surface area contributed by atoms with Gasteiger partial charge in [0.25, 0.3) is 0 Å². The predicted molar refractivity (Wildman–Crippen MR) is 111 cm³/mol. The van der Waals surface area contributed by atoms with Crippen LogP contribution in [0.4, 0.5) is 11.4 Å². The minimum Gasteiger partial charge on any atom is -0.376 e. The Balaban J connectivity index is 1.86. The summed E-state index contributed by atoms with van der Waals surface area (Å²) >= 11 is 0. The van der Waals surface area contributed by atoms with Crippen molar-refractivity contribution in [3.05, 3.63) is 59.2 Å². The molecular weight excluding hydrogens is 338 g/mol. The van der Waals surface area contributed by atoms with E-state index >= 15 is 0 Å². The van der Waals surface area contributed by atoms with Crippen LogP contribution in [0, 0.1) is 6.92 Å². The van der Waals surface area contributed by atoms with E-state index in [0.29, 0.717) is 12.8 Å². The number of carbonyl (C=O) groups excluding carboxylic acids is 2. The number of anilines is 2. The molecule has 0 aliphatic carbocycles. The highest BCUT2D eigenvalue weighted by Gasteiger charge is 2.09. The summed E-state index contributed by atoms with van der Waals surface area (Å²) in [6.07, 6.45) is 2.09. The molecule has 0 saturated heterocycles. The maximum atomic E-state index is 12.3. The van der Waals surface area contributed by atoms with Crippen molar-refractivity contribution in [3.63, 3.8) is 0 Å². The number of benzene rings is 2. The Morgan fingerprint density at radius 1 is 1.04 bits per heavy atom. The van der Waals surface area contributed by atoms with Crippen LogP contribution >= 0.6 is 0 Å². The fourth-order valence-corrected chi connectivity index (χ4v) is 2.83. The van der Waals surface area contributed by atoms with E-state index < -0.39 is 0 Å². The quantitative estimate of drug-likeness (QED) is 0.749. The summed E-state index contributed by atoms with van der Waals surface area (Å²) in [4.78, 5) is 25.6. The molecule has 0 heterocycles.